The normalized spacial score (nSPS) is 13.1. The molecule has 0 aliphatic heterocycles. The first-order chi connectivity index (χ1) is 9.29. The zero-order chi connectivity index (χ0) is 15.2. The number of rotatable bonds is 6. The van der Waals surface area contributed by atoms with Crippen LogP contribution in [-0.4, -0.2) is 31.4 Å². The van der Waals surface area contributed by atoms with Crippen LogP contribution >= 0.6 is 0 Å². The molecule has 0 fully saturated rings. The van der Waals surface area contributed by atoms with Crippen LogP contribution < -0.4 is 5.32 Å². The maximum absolute atomic E-state index is 11.6. The number of benzene rings is 1. The maximum Gasteiger partial charge on any atom is 0.223 e. The van der Waals surface area contributed by atoms with E-state index in [9.17, 15) is 4.79 Å². The fraction of sp³-hybridized carbons (Fsp3) is 0.588. The molecule has 0 saturated heterocycles. The van der Waals surface area contributed by atoms with Crippen molar-refractivity contribution >= 4 is 5.91 Å². The third kappa shape index (κ3) is 6.20. The number of nitrogens with zero attached hydrogens (tertiary/aromatic N) is 1. The Labute approximate surface area is 123 Å². The molecule has 0 heterocycles. The molecule has 1 atom stereocenters. The summed E-state index contributed by atoms with van der Waals surface area (Å²) in [6.07, 6.45) is 1.59. The summed E-state index contributed by atoms with van der Waals surface area (Å²) in [5.41, 5.74) is 1.54. The molecule has 1 rings (SSSR count). The lowest BCUT2D eigenvalue weighted by atomic mass is 9.85. The lowest BCUT2D eigenvalue weighted by Crippen LogP contribution is -2.30. The molecule has 3 nitrogen and oxygen atoms in total. The zero-order valence-electron chi connectivity index (χ0n) is 13.4. The Morgan fingerprint density at radius 3 is 2.30 bits per heavy atom. The lowest BCUT2D eigenvalue weighted by molar-refractivity contribution is -0.128. The van der Waals surface area contributed by atoms with Crippen molar-refractivity contribution < 1.29 is 4.79 Å². The van der Waals surface area contributed by atoms with Gasteiger partial charge in [0.2, 0.25) is 5.91 Å². The number of hydrogen-bond donors (Lipinski definition) is 1. The first-order valence-electron chi connectivity index (χ1n) is 7.28. The Balaban J connectivity index is 2.63. The minimum absolute atomic E-state index is 0.167. The van der Waals surface area contributed by atoms with Crippen molar-refractivity contribution in [1.29, 1.82) is 0 Å². The topological polar surface area (TPSA) is 32.3 Å². The number of carbonyl (C=O) groups is 1. The van der Waals surface area contributed by atoms with E-state index < -0.39 is 0 Å². The molecule has 1 unspecified atom stereocenters. The van der Waals surface area contributed by atoms with Crippen LogP contribution in [-0.2, 0) is 4.79 Å². The van der Waals surface area contributed by atoms with Crippen LogP contribution in [0.3, 0.4) is 0 Å². The van der Waals surface area contributed by atoms with Gasteiger partial charge in [-0.25, -0.2) is 0 Å². The van der Waals surface area contributed by atoms with Gasteiger partial charge in [-0.05, 0) is 17.4 Å². The van der Waals surface area contributed by atoms with Crippen molar-refractivity contribution in [3.8, 4) is 0 Å². The van der Waals surface area contributed by atoms with Crippen molar-refractivity contribution in [2.75, 3.05) is 20.6 Å². The van der Waals surface area contributed by atoms with Crippen LogP contribution in [0.1, 0.15) is 45.2 Å². The lowest BCUT2D eigenvalue weighted by Gasteiger charge is -2.27. The van der Waals surface area contributed by atoms with Crippen LogP contribution in [0.2, 0.25) is 0 Å². The molecule has 0 saturated carbocycles. The van der Waals surface area contributed by atoms with E-state index in [0.29, 0.717) is 19.0 Å². The summed E-state index contributed by atoms with van der Waals surface area (Å²) < 4.78 is 0. The van der Waals surface area contributed by atoms with Crippen LogP contribution in [0.15, 0.2) is 30.3 Å². The Morgan fingerprint density at radius 2 is 1.80 bits per heavy atom. The average molecular weight is 276 g/mol. The highest BCUT2D eigenvalue weighted by atomic mass is 16.2. The summed E-state index contributed by atoms with van der Waals surface area (Å²) in [4.78, 5) is 13.3. The van der Waals surface area contributed by atoms with Crippen LogP contribution in [0, 0.1) is 5.41 Å². The molecule has 0 bridgehead atoms. The summed E-state index contributed by atoms with van der Waals surface area (Å²) in [7, 11) is 3.60. The fourth-order valence-electron chi connectivity index (χ4n) is 2.18. The fourth-order valence-corrected chi connectivity index (χ4v) is 2.18. The minimum Gasteiger partial charge on any atom is -0.349 e. The number of amides is 1. The monoisotopic (exact) mass is 276 g/mol. The van der Waals surface area contributed by atoms with Gasteiger partial charge in [0.1, 0.15) is 0 Å². The minimum atomic E-state index is 0.167. The first kappa shape index (κ1) is 16.7. The van der Waals surface area contributed by atoms with E-state index in [4.69, 9.17) is 0 Å². The van der Waals surface area contributed by atoms with Crippen molar-refractivity contribution in [3.05, 3.63) is 35.9 Å². The Hall–Kier alpha value is -1.35. The van der Waals surface area contributed by atoms with E-state index in [0.717, 1.165) is 6.42 Å². The Kier molecular flexibility index (Phi) is 6.21. The molecule has 0 aliphatic carbocycles. The summed E-state index contributed by atoms with van der Waals surface area (Å²) in [6, 6.07) is 10.8. The van der Waals surface area contributed by atoms with Crippen molar-refractivity contribution in [3.63, 3.8) is 0 Å². The second-order valence-corrected chi connectivity index (χ2v) is 6.72. The molecule has 0 spiro atoms. The molecule has 1 N–H and O–H groups in total. The molecular formula is C17H28N2O. The third-order valence-corrected chi connectivity index (χ3v) is 3.25. The second-order valence-electron chi connectivity index (χ2n) is 6.72. The van der Waals surface area contributed by atoms with Gasteiger partial charge < -0.3 is 10.2 Å². The summed E-state index contributed by atoms with van der Waals surface area (Å²) in [6.45, 7) is 7.45. The van der Waals surface area contributed by atoms with Gasteiger partial charge in [0.15, 0.2) is 0 Å². The summed E-state index contributed by atoms with van der Waals surface area (Å²) in [5.74, 6) is 0.167. The van der Waals surface area contributed by atoms with E-state index in [-0.39, 0.29) is 11.3 Å². The van der Waals surface area contributed by atoms with Gasteiger partial charge in [-0.15, -0.1) is 0 Å². The quantitative estimate of drug-likeness (QED) is 0.865. The summed E-state index contributed by atoms with van der Waals surface area (Å²) >= 11 is 0. The standard InChI is InChI=1S/C17H28N2O/c1-17(2,3)13-15(14-9-7-6-8-10-14)18-12-11-16(20)19(4)5/h6-10,15,18H,11-13H2,1-5H3. The predicted molar refractivity (Wildman–Crippen MR) is 84.6 cm³/mol. The SMILES string of the molecule is CN(C)C(=O)CCNC(CC(C)(C)C)c1ccccc1. The van der Waals surface area contributed by atoms with Gasteiger partial charge in [0, 0.05) is 33.1 Å². The predicted octanol–water partition coefficient (Wildman–Crippen LogP) is 3.23. The number of hydrogen-bond acceptors (Lipinski definition) is 2. The number of carbonyl (C=O) groups excluding carboxylic acids is 1. The highest BCUT2D eigenvalue weighted by molar-refractivity contribution is 5.75. The van der Waals surface area contributed by atoms with Gasteiger partial charge in [0.05, 0.1) is 0 Å². The van der Waals surface area contributed by atoms with Gasteiger partial charge in [-0.2, -0.15) is 0 Å². The molecule has 0 radical (unpaired) electrons. The Bertz CT molecular complexity index is 407. The maximum atomic E-state index is 11.6. The van der Waals surface area contributed by atoms with E-state index in [1.807, 2.05) is 6.07 Å². The molecule has 1 amide bonds. The zero-order valence-corrected chi connectivity index (χ0v) is 13.4. The highest BCUT2D eigenvalue weighted by Crippen LogP contribution is 2.29. The first-order valence-corrected chi connectivity index (χ1v) is 7.28. The second kappa shape index (κ2) is 7.44. The van der Waals surface area contributed by atoms with E-state index in [2.05, 4.69) is 50.4 Å². The number of nitrogens with one attached hydrogen (secondary N) is 1. The van der Waals surface area contributed by atoms with E-state index >= 15 is 0 Å². The average Bonchev–Trinajstić information content (AvgIpc) is 2.37. The molecule has 3 heteroatoms. The van der Waals surface area contributed by atoms with Crippen LogP contribution in [0.5, 0.6) is 0 Å². The Morgan fingerprint density at radius 1 is 1.20 bits per heavy atom. The van der Waals surface area contributed by atoms with Crippen LogP contribution in [0.4, 0.5) is 0 Å². The molecular weight excluding hydrogens is 248 g/mol. The molecule has 0 aliphatic rings. The van der Waals surface area contributed by atoms with Gasteiger partial charge in [-0.3, -0.25) is 4.79 Å². The van der Waals surface area contributed by atoms with Crippen molar-refractivity contribution in [2.45, 2.75) is 39.7 Å². The summed E-state index contributed by atoms with van der Waals surface area (Å²) in [5, 5.41) is 3.53. The van der Waals surface area contributed by atoms with Gasteiger partial charge >= 0.3 is 0 Å². The van der Waals surface area contributed by atoms with Crippen molar-refractivity contribution in [1.82, 2.24) is 10.2 Å². The molecule has 112 valence electrons. The largest absolute Gasteiger partial charge is 0.349 e. The molecule has 20 heavy (non-hydrogen) atoms. The van der Waals surface area contributed by atoms with Crippen LogP contribution in [0.25, 0.3) is 0 Å². The van der Waals surface area contributed by atoms with Crippen molar-refractivity contribution in [2.24, 2.45) is 5.41 Å². The molecule has 1 aromatic carbocycles. The third-order valence-electron chi connectivity index (χ3n) is 3.25. The highest BCUT2D eigenvalue weighted by Gasteiger charge is 2.20. The molecule has 0 aromatic heterocycles. The van der Waals surface area contributed by atoms with Gasteiger partial charge in [0.25, 0.3) is 0 Å². The smallest absolute Gasteiger partial charge is 0.223 e. The van der Waals surface area contributed by atoms with Gasteiger partial charge in [-0.1, -0.05) is 51.1 Å². The van der Waals surface area contributed by atoms with E-state index in [1.165, 1.54) is 5.56 Å². The van der Waals surface area contributed by atoms with E-state index in [1.54, 1.807) is 19.0 Å². The molecule has 1 aromatic rings.